The van der Waals surface area contributed by atoms with Crippen molar-refractivity contribution >= 4 is 28.3 Å². The number of hydrogen-bond acceptors (Lipinski definition) is 6. The Morgan fingerprint density at radius 2 is 1.62 bits per heavy atom. The Hall–Kier alpha value is -3.17. The van der Waals surface area contributed by atoms with E-state index in [0.717, 1.165) is 11.1 Å². The van der Waals surface area contributed by atoms with Crippen molar-refractivity contribution in [3.8, 4) is 5.75 Å². The van der Waals surface area contributed by atoms with Gasteiger partial charge in [-0.05, 0) is 49.2 Å². The maximum absolute atomic E-state index is 12.0. The molecule has 0 atom stereocenters. The zero-order valence-electron chi connectivity index (χ0n) is 15.8. The first-order chi connectivity index (χ1) is 13.7. The summed E-state index contributed by atoms with van der Waals surface area (Å²) in [4.78, 5) is 23.8. The molecule has 29 heavy (non-hydrogen) atoms. The van der Waals surface area contributed by atoms with Gasteiger partial charge in [0, 0.05) is 24.7 Å². The second kappa shape index (κ2) is 10.4. The van der Waals surface area contributed by atoms with Gasteiger partial charge in [0.1, 0.15) is 5.75 Å². The fraction of sp³-hybridized carbons (Fsp3) is 0.200. The van der Waals surface area contributed by atoms with Crippen molar-refractivity contribution in [3.63, 3.8) is 0 Å². The molecule has 0 unspecified atom stereocenters. The van der Waals surface area contributed by atoms with Crippen molar-refractivity contribution < 1.29 is 26.7 Å². The molecule has 0 aliphatic carbocycles. The Bertz CT molecular complexity index is 967. The molecule has 0 saturated heterocycles. The molecule has 0 saturated carbocycles. The number of hydrogen-bond donors (Lipinski definition) is 2. The van der Waals surface area contributed by atoms with E-state index < -0.39 is 10.4 Å². The Balaban J connectivity index is 1.67. The van der Waals surface area contributed by atoms with Crippen LogP contribution in [0.3, 0.4) is 0 Å². The molecule has 2 amide bonds. The van der Waals surface area contributed by atoms with Crippen LogP contribution in [0.5, 0.6) is 5.75 Å². The summed E-state index contributed by atoms with van der Waals surface area (Å²) in [5.74, 6) is -0.758. The Morgan fingerprint density at radius 1 is 1.00 bits per heavy atom. The van der Waals surface area contributed by atoms with Crippen LogP contribution in [0, 0.1) is 6.92 Å². The van der Waals surface area contributed by atoms with Crippen molar-refractivity contribution in [1.82, 2.24) is 10.6 Å². The molecule has 8 nitrogen and oxygen atoms in total. The first-order valence-corrected chi connectivity index (χ1v) is 10.1. The summed E-state index contributed by atoms with van der Waals surface area (Å²) in [5, 5.41) is 5.40. The molecule has 0 heterocycles. The predicted molar refractivity (Wildman–Crippen MR) is 107 cm³/mol. The molecule has 2 aromatic rings. The van der Waals surface area contributed by atoms with Gasteiger partial charge < -0.3 is 19.4 Å². The van der Waals surface area contributed by atoms with Crippen LogP contribution in [-0.2, 0) is 15.2 Å². The van der Waals surface area contributed by atoms with Crippen molar-refractivity contribution in [3.05, 3.63) is 71.3 Å². The molecule has 0 aromatic heterocycles. The van der Waals surface area contributed by atoms with E-state index in [2.05, 4.69) is 14.8 Å². The first-order valence-electron chi connectivity index (χ1n) is 8.79. The lowest BCUT2D eigenvalue weighted by atomic mass is 10.1. The van der Waals surface area contributed by atoms with E-state index in [1.54, 1.807) is 6.08 Å². The number of benzene rings is 2. The molecule has 0 aliphatic heterocycles. The average Bonchev–Trinajstić information content (AvgIpc) is 2.66. The van der Waals surface area contributed by atoms with E-state index >= 15 is 0 Å². The van der Waals surface area contributed by atoms with Gasteiger partial charge in [-0.25, -0.2) is 8.42 Å². The highest BCUT2D eigenvalue weighted by molar-refractivity contribution is 7.81. The SMILES string of the molecule is Cc1ccc(/C=C/C(=O)NCCCNC(=O)c2ccc(OS(=O)(=O)[O-])cc2)cc1. The smallest absolute Gasteiger partial charge is 0.262 e. The maximum atomic E-state index is 12.0. The summed E-state index contributed by atoms with van der Waals surface area (Å²) in [6.45, 7) is 2.73. The lowest BCUT2D eigenvalue weighted by molar-refractivity contribution is -0.116. The van der Waals surface area contributed by atoms with Gasteiger partial charge in [0.2, 0.25) is 5.91 Å². The summed E-state index contributed by atoms with van der Waals surface area (Å²) in [5.41, 5.74) is 2.36. The largest absolute Gasteiger partial charge is 0.716 e. The van der Waals surface area contributed by atoms with Gasteiger partial charge in [0.25, 0.3) is 16.3 Å². The zero-order valence-corrected chi connectivity index (χ0v) is 16.6. The molecular formula is C20H21N2O6S-. The van der Waals surface area contributed by atoms with Crippen LogP contribution in [0.1, 0.15) is 27.9 Å². The molecular weight excluding hydrogens is 396 g/mol. The Kier molecular flexibility index (Phi) is 7.93. The molecule has 0 spiro atoms. The molecule has 0 fully saturated rings. The maximum Gasteiger partial charge on any atom is 0.262 e. The molecule has 0 aliphatic rings. The molecule has 9 heteroatoms. The van der Waals surface area contributed by atoms with E-state index in [4.69, 9.17) is 0 Å². The quantitative estimate of drug-likeness (QED) is 0.277. The topological polar surface area (TPSA) is 125 Å². The van der Waals surface area contributed by atoms with E-state index in [1.807, 2.05) is 31.2 Å². The van der Waals surface area contributed by atoms with Crippen molar-refractivity contribution in [2.45, 2.75) is 13.3 Å². The normalized spacial score (nSPS) is 11.2. The van der Waals surface area contributed by atoms with Crippen molar-refractivity contribution in [1.29, 1.82) is 0 Å². The van der Waals surface area contributed by atoms with E-state index in [0.29, 0.717) is 19.5 Å². The summed E-state index contributed by atoms with van der Waals surface area (Å²) in [6.07, 6.45) is 3.71. The minimum absolute atomic E-state index is 0.169. The standard InChI is InChI=1S/C20H22N2O6S/c1-15-3-5-16(6-4-15)7-12-19(23)21-13-2-14-22-20(24)17-8-10-18(11-9-17)28-29(25,26)27/h3-12H,2,13-14H2,1H3,(H,21,23)(H,22,24)(H,25,26,27)/p-1/b12-7+. The summed E-state index contributed by atoms with van der Waals surface area (Å²) in [7, 11) is -4.85. The van der Waals surface area contributed by atoms with Crippen molar-refractivity contribution in [2.24, 2.45) is 0 Å². The lowest BCUT2D eigenvalue weighted by Gasteiger charge is -2.09. The van der Waals surface area contributed by atoms with Crippen LogP contribution in [0.25, 0.3) is 6.08 Å². The highest BCUT2D eigenvalue weighted by Gasteiger charge is 2.06. The van der Waals surface area contributed by atoms with E-state index in [9.17, 15) is 22.6 Å². The molecule has 154 valence electrons. The van der Waals surface area contributed by atoms with Crippen LogP contribution in [0.4, 0.5) is 0 Å². The first kappa shape index (κ1) is 22.1. The Labute approximate surface area is 169 Å². The predicted octanol–water partition coefficient (Wildman–Crippen LogP) is 1.78. The second-order valence-corrected chi connectivity index (χ2v) is 7.14. The third kappa shape index (κ3) is 8.58. The number of carbonyl (C=O) groups excluding carboxylic acids is 2. The highest BCUT2D eigenvalue weighted by atomic mass is 32.3. The third-order valence-corrected chi connectivity index (χ3v) is 4.15. The van der Waals surface area contributed by atoms with Gasteiger partial charge in [0.15, 0.2) is 0 Å². The van der Waals surface area contributed by atoms with Gasteiger partial charge in [-0.15, -0.1) is 0 Å². The second-order valence-electron chi connectivity index (χ2n) is 6.16. The number of aryl methyl sites for hydroxylation is 1. The fourth-order valence-corrected chi connectivity index (χ4v) is 2.64. The molecule has 2 rings (SSSR count). The average molecular weight is 417 g/mol. The number of nitrogens with one attached hydrogen (secondary N) is 2. The number of rotatable bonds is 9. The summed E-state index contributed by atoms with van der Waals surface area (Å²) in [6, 6.07) is 12.9. The van der Waals surface area contributed by atoms with Crippen LogP contribution in [0.2, 0.25) is 0 Å². The minimum Gasteiger partial charge on any atom is -0.716 e. The van der Waals surface area contributed by atoms with Gasteiger partial charge in [-0.3, -0.25) is 9.59 Å². The van der Waals surface area contributed by atoms with E-state index in [1.165, 1.54) is 30.3 Å². The summed E-state index contributed by atoms with van der Waals surface area (Å²) < 4.78 is 35.7. The van der Waals surface area contributed by atoms with Gasteiger partial charge in [-0.2, -0.15) is 0 Å². The molecule has 2 aromatic carbocycles. The molecule has 2 N–H and O–H groups in total. The minimum atomic E-state index is -4.85. The monoisotopic (exact) mass is 417 g/mol. The highest BCUT2D eigenvalue weighted by Crippen LogP contribution is 2.13. The number of amides is 2. The fourth-order valence-electron chi connectivity index (χ4n) is 2.29. The Morgan fingerprint density at radius 3 is 2.24 bits per heavy atom. The van der Waals surface area contributed by atoms with Crippen molar-refractivity contribution in [2.75, 3.05) is 13.1 Å². The number of carbonyl (C=O) groups is 2. The zero-order chi connectivity index (χ0) is 21.3. The van der Waals surface area contributed by atoms with E-state index in [-0.39, 0.29) is 23.1 Å². The lowest BCUT2D eigenvalue weighted by Crippen LogP contribution is -2.29. The van der Waals surface area contributed by atoms with Crippen LogP contribution < -0.4 is 14.8 Å². The van der Waals surface area contributed by atoms with Gasteiger partial charge >= 0.3 is 0 Å². The van der Waals surface area contributed by atoms with Crippen LogP contribution >= 0.6 is 0 Å². The van der Waals surface area contributed by atoms with Gasteiger partial charge in [-0.1, -0.05) is 29.8 Å². The summed E-state index contributed by atoms with van der Waals surface area (Å²) >= 11 is 0. The van der Waals surface area contributed by atoms with Gasteiger partial charge in [0.05, 0.1) is 0 Å². The molecule has 0 bridgehead atoms. The van der Waals surface area contributed by atoms with Crippen LogP contribution in [0.15, 0.2) is 54.6 Å². The van der Waals surface area contributed by atoms with Crippen LogP contribution in [-0.4, -0.2) is 37.9 Å². The third-order valence-electron chi connectivity index (χ3n) is 3.76. The molecule has 0 radical (unpaired) electrons.